The van der Waals surface area contributed by atoms with Crippen LogP contribution in [0, 0.1) is 5.92 Å². The maximum Gasteiger partial charge on any atom is 0.240 e. The molecule has 1 heterocycles. The largest absolute Gasteiger partial charge is 0.354 e. The molecule has 7 heteroatoms. The number of carbonyl (C=O) groups is 1. The molecule has 1 fully saturated rings. The highest BCUT2D eigenvalue weighted by Crippen LogP contribution is 2.31. The number of hydrogen-bond donors (Lipinski definition) is 1. The number of nitrogens with zero attached hydrogens (tertiary/aromatic N) is 2. The van der Waals surface area contributed by atoms with Crippen molar-refractivity contribution in [3.05, 3.63) is 30.1 Å². The summed E-state index contributed by atoms with van der Waals surface area (Å²) in [5.41, 5.74) is 1.86. The number of carbonyl (C=O) groups excluding carboxylic acids is 1. The number of imidazole rings is 1. The molecule has 2 aromatic rings. The molecule has 130 valence electrons. The molecule has 0 atom stereocenters. The van der Waals surface area contributed by atoms with Crippen molar-refractivity contribution in [3.8, 4) is 0 Å². The van der Waals surface area contributed by atoms with Crippen molar-refractivity contribution in [1.29, 1.82) is 0 Å². The molecule has 0 bridgehead atoms. The average molecular weight is 349 g/mol. The van der Waals surface area contributed by atoms with Gasteiger partial charge in [-0.3, -0.25) is 4.79 Å². The Morgan fingerprint density at radius 3 is 2.71 bits per heavy atom. The molecule has 1 amide bonds. The molecule has 24 heavy (non-hydrogen) atoms. The van der Waals surface area contributed by atoms with Gasteiger partial charge in [0.15, 0.2) is 0 Å². The minimum absolute atomic E-state index is 0.0596. The van der Waals surface area contributed by atoms with E-state index < -0.39 is 9.84 Å². The first-order valence-electron chi connectivity index (χ1n) is 8.28. The predicted molar refractivity (Wildman–Crippen MR) is 93.5 cm³/mol. The summed E-state index contributed by atoms with van der Waals surface area (Å²) in [6.45, 7) is 2.81. The van der Waals surface area contributed by atoms with Crippen LogP contribution in [0.4, 0.5) is 0 Å². The topological polar surface area (TPSA) is 81.1 Å². The Bertz CT molecular complexity index is 851. The summed E-state index contributed by atoms with van der Waals surface area (Å²) in [5.74, 6) is 1.10. The predicted octanol–water partition coefficient (Wildman–Crippen LogP) is 1.54. The van der Waals surface area contributed by atoms with Gasteiger partial charge in [0.1, 0.15) is 22.2 Å². The number of amides is 1. The summed E-state index contributed by atoms with van der Waals surface area (Å²) in [4.78, 5) is 16.8. The molecule has 0 spiro atoms. The van der Waals surface area contributed by atoms with Gasteiger partial charge in [0.05, 0.1) is 16.3 Å². The molecule has 0 aliphatic heterocycles. The zero-order valence-corrected chi connectivity index (χ0v) is 14.8. The van der Waals surface area contributed by atoms with Gasteiger partial charge in [0, 0.05) is 19.2 Å². The molecule has 0 saturated heterocycles. The Morgan fingerprint density at radius 1 is 1.33 bits per heavy atom. The SMILES string of the molecule is CCc1nc2ccccc2n1CC(=O)NCC1CC(S(C)(=O)=O)C1. The van der Waals surface area contributed by atoms with Crippen molar-refractivity contribution in [2.75, 3.05) is 12.8 Å². The first-order chi connectivity index (χ1) is 11.4. The second-order valence-electron chi connectivity index (χ2n) is 6.55. The van der Waals surface area contributed by atoms with E-state index in [9.17, 15) is 13.2 Å². The molecule has 0 unspecified atom stereocenters. The normalized spacial score (nSPS) is 20.8. The Balaban J connectivity index is 1.58. The highest BCUT2D eigenvalue weighted by Gasteiger charge is 2.36. The van der Waals surface area contributed by atoms with Crippen molar-refractivity contribution in [2.45, 2.75) is 38.0 Å². The number of aromatic nitrogens is 2. The van der Waals surface area contributed by atoms with E-state index in [2.05, 4.69) is 10.3 Å². The third-order valence-corrected chi connectivity index (χ3v) is 6.33. The summed E-state index contributed by atoms with van der Waals surface area (Å²) in [7, 11) is -2.94. The van der Waals surface area contributed by atoms with E-state index in [1.807, 2.05) is 35.8 Å². The Kier molecular flexibility index (Phi) is 4.62. The Morgan fingerprint density at radius 2 is 2.04 bits per heavy atom. The highest BCUT2D eigenvalue weighted by atomic mass is 32.2. The Hall–Kier alpha value is -1.89. The van der Waals surface area contributed by atoms with E-state index in [4.69, 9.17) is 0 Å². The van der Waals surface area contributed by atoms with Gasteiger partial charge in [-0.25, -0.2) is 13.4 Å². The molecular formula is C17H23N3O3S. The van der Waals surface area contributed by atoms with E-state index in [1.54, 1.807) is 0 Å². The van der Waals surface area contributed by atoms with Crippen LogP contribution in [0.5, 0.6) is 0 Å². The lowest BCUT2D eigenvalue weighted by Gasteiger charge is -2.33. The van der Waals surface area contributed by atoms with Gasteiger partial charge in [-0.15, -0.1) is 0 Å². The lowest BCUT2D eigenvalue weighted by molar-refractivity contribution is -0.121. The van der Waals surface area contributed by atoms with Crippen molar-refractivity contribution in [3.63, 3.8) is 0 Å². The monoisotopic (exact) mass is 349 g/mol. The fourth-order valence-electron chi connectivity index (χ4n) is 3.22. The number of aryl methyl sites for hydroxylation is 1. The zero-order valence-electron chi connectivity index (χ0n) is 14.0. The van der Waals surface area contributed by atoms with E-state index in [0.717, 1.165) is 23.3 Å². The van der Waals surface area contributed by atoms with Gasteiger partial charge in [0.25, 0.3) is 0 Å². The molecule has 1 aliphatic carbocycles. The lowest BCUT2D eigenvalue weighted by Crippen LogP contribution is -2.42. The second kappa shape index (κ2) is 6.55. The number of para-hydroxylation sites is 2. The third kappa shape index (κ3) is 3.45. The fourth-order valence-corrected chi connectivity index (χ4v) is 4.46. The Labute approximate surface area is 142 Å². The number of nitrogens with one attached hydrogen (secondary N) is 1. The number of hydrogen-bond acceptors (Lipinski definition) is 4. The van der Waals surface area contributed by atoms with E-state index in [0.29, 0.717) is 19.4 Å². The quantitative estimate of drug-likeness (QED) is 0.858. The van der Waals surface area contributed by atoms with Crippen LogP contribution in [0.1, 0.15) is 25.6 Å². The molecular weight excluding hydrogens is 326 g/mol. The summed E-state index contributed by atoms with van der Waals surface area (Å²) in [6, 6.07) is 7.80. The fraction of sp³-hybridized carbons (Fsp3) is 0.529. The second-order valence-corrected chi connectivity index (χ2v) is 8.88. The molecule has 1 N–H and O–H groups in total. The molecule has 0 radical (unpaired) electrons. The first-order valence-corrected chi connectivity index (χ1v) is 10.2. The first kappa shape index (κ1) is 17.0. The van der Waals surface area contributed by atoms with Crippen LogP contribution in [0.3, 0.4) is 0 Å². The number of benzene rings is 1. The summed E-state index contributed by atoms with van der Waals surface area (Å²) in [5, 5.41) is 2.70. The van der Waals surface area contributed by atoms with Gasteiger partial charge in [0.2, 0.25) is 5.91 Å². The van der Waals surface area contributed by atoms with Crippen LogP contribution < -0.4 is 5.32 Å². The minimum Gasteiger partial charge on any atom is -0.354 e. The lowest BCUT2D eigenvalue weighted by atomic mass is 9.85. The van der Waals surface area contributed by atoms with Crippen LogP contribution in [-0.4, -0.2) is 41.9 Å². The maximum atomic E-state index is 12.3. The van der Waals surface area contributed by atoms with Gasteiger partial charge in [-0.05, 0) is 30.9 Å². The molecule has 3 rings (SSSR count). The van der Waals surface area contributed by atoms with Crippen molar-refractivity contribution >= 4 is 26.8 Å². The van der Waals surface area contributed by atoms with Crippen LogP contribution in [0.2, 0.25) is 0 Å². The van der Waals surface area contributed by atoms with E-state index >= 15 is 0 Å². The molecule has 1 aliphatic rings. The summed E-state index contributed by atoms with van der Waals surface area (Å²) in [6.07, 6.45) is 3.34. The van der Waals surface area contributed by atoms with E-state index in [-0.39, 0.29) is 23.6 Å². The number of fused-ring (bicyclic) bond motifs is 1. The summed E-state index contributed by atoms with van der Waals surface area (Å²) >= 11 is 0. The van der Waals surface area contributed by atoms with E-state index in [1.165, 1.54) is 6.26 Å². The molecule has 1 aromatic carbocycles. The van der Waals surface area contributed by atoms with Crippen LogP contribution in [0.25, 0.3) is 11.0 Å². The van der Waals surface area contributed by atoms with Crippen LogP contribution in [0.15, 0.2) is 24.3 Å². The van der Waals surface area contributed by atoms with Crippen LogP contribution >= 0.6 is 0 Å². The zero-order chi connectivity index (χ0) is 17.3. The van der Waals surface area contributed by atoms with Gasteiger partial charge in [-0.1, -0.05) is 19.1 Å². The van der Waals surface area contributed by atoms with Crippen molar-refractivity contribution in [1.82, 2.24) is 14.9 Å². The number of rotatable bonds is 6. The average Bonchev–Trinajstić information content (AvgIpc) is 2.82. The van der Waals surface area contributed by atoms with Gasteiger partial charge >= 0.3 is 0 Å². The van der Waals surface area contributed by atoms with Gasteiger partial charge < -0.3 is 9.88 Å². The van der Waals surface area contributed by atoms with Crippen LogP contribution in [-0.2, 0) is 27.6 Å². The molecule has 1 aromatic heterocycles. The molecule has 6 nitrogen and oxygen atoms in total. The minimum atomic E-state index is -2.94. The standard InChI is InChI=1S/C17H23N3O3S/c1-3-16-19-14-6-4-5-7-15(14)20(16)11-17(21)18-10-12-8-13(9-12)24(2,22)23/h4-7,12-13H,3,8-11H2,1-2H3,(H,18,21). The highest BCUT2D eigenvalue weighted by molar-refractivity contribution is 7.91. The molecule has 1 saturated carbocycles. The van der Waals surface area contributed by atoms with Crippen molar-refractivity contribution in [2.24, 2.45) is 5.92 Å². The summed E-state index contributed by atoms with van der Waals surface area (Å²) < 4.78 is 24.8. The maximum absolute atomic E-state index is 12.3. The van der Waals surface area contributed by atoms with Gasteiger partial charge in [-0.2, -0.15) is 0 Å². The number of sulfone groups is 1. The third-order valence-electron chi connectivity index (χ3n) is 4.74. The van der Waals surface area contributed by atoms with Crippen molar-refractivity contribution < 1.29 is 13.2 Å². The smallest absolute Gasteiger partial charge is 0.240 e.